The summed E-state index contributed by atoms with van der Waals surface area (Å²) in [5, 5.41) is 3.22. The molecule has 0 atom stereocenters. The Balaban J connectivity index is 1.87. The molecular weight excluding hydrogens is 363 g/mol. The van der Waals surface area contributed by atoms with E-state index >= 15 is 0 Å². The number of ether oxygens (including phenoxy) is 1. The summed E-state index contributed by atoms with van der Waals surface area (Å²) in [5.41, 5.74) is 0.909. The first-order chi connectivity index (χ1) is 11.7. The van der Waals surface area contributed by atoms with Crippen molar-refractivity contribution in [2.75, 3.05) is 5.32 Å². The molecule has 1 amide bonds. The van der Waals surface area contributed by atoms with E-state index in [1.807, 2.05) is 0 Å². The number of rotatable bonds is 4. The number of amides is 1. The third-order valence-corrected chi connectivity index (χ3v) is 4.95. The SMILES string of the molecule is CC(C)(C)OC(=O)Nc1nc(-c2ccc(F)c(Cl)c2)c(CC2CC2)s1. The fourth-order valence-electron chi connectivity index (χ4n) is 2.39. The van der Waals surface area contributed by atoms with Crippen LogP contribution in [0.25, 0.3) is 11.3 Å². The van der Waals surface area contributed by atoms with E-state index in [9.17, 15) is 9.18 Å². The van der Waals surface area contributed by atoms with Gasteiger partial charge in [-0.1, -0.05) is 11.6 Å². The summed E-state index contributed by atoms with van der Waals surface area (Å²) in [6.07, 6.45) is 2.77. The fourth-order valence-corrected chi connectivity index (χ4v) is 3.65. The molecule has 4 nitrogen and oxygen atoms in total. The molecule has 1 aromatic carbocycles. The zero-order valence-electron chi connectivity index (χ0n) is 14.4. The maximum Gasteiger partial charge on any atom is 0.413 e. The number of thiazole rings is 1. The summed E-state index contributed by atoms with van der Waals surface area (Å²) in [7, 11) is 0. The second kappa shape index (κ2) is 6.92. The number of halogens is 2. The molecular formula is C18H20ClFN2O2S. The van der Waals surface area contributed by atoms with E-state index in [0.29, 0.717) is 11.0 Å². The molecule has 3 rings (SSSR count). The Bertz CT molecular complexity index is 797. The molecule has 0 aliphatic heterocycles. The number of hydrogen-bond donors (Lipinski definition) is 1. The molecule has 0 unspecified atom stereocenters. The molecule has 1 saturated carbocycles. The van der Waals surface area contributed by atoms with Crippen molar-refractivity contribution in [2.24, 2.45) is 5.92 Å². The average molecular weight is 383 g/mol. The summed E-state index contributed by atoms with van der Waals surface area (Å²) in [4.78, 5) is 17.6. The highest BCUT2D eigenvalue weighted by Gasteiger charge is 2.26. The molecule has 1 fully saturated rings. The molecule has 0 spiro atoms. The van der Waals surface area contributed by atoms with E-state index < -0.39 is 17.5 Å². The number of carbonyl (C=O) groups is 1. The zero-order chi connectivity index (χ0) is 18.2. The van der Waals surface area contributed by atoms with Gasteiger partial charge >= 0.3 is 6.09 Å². The third-order valence-electron chi connectivity index (χ3n) is 3.67. The van der Waals surface area contributed by atoms with Gasteiger partial charge in [0.05, 0.1) is 10.7 Å². The third kappa shape index (κ3) is 4.92. The van der Waals surface area contributed by atoms with Crippen LogP contribution in [0.5, 0.6) is 0 Å². The first kappa shape index (κ1) is 18.1. The molecule has 1 aromatic heterocycles. The van der Waals surface area contributed by atoms with Crippen molar-refractivity contribution in [3.05, 3.63) is 33.9 Å². The molecule has 2 aromatic rings. The Morgan fingerprint density at radius 1 is 1.44 bits per heavy atom. The standard InChI is InChI=1S/C18H20ClFN2O2S/c1-18(2,3)24-17(23)22-16-21-15(14(25-16)8-10-4-5-10)11-6-7-13(20)12(19)9-11/h6-7,9-10H,4-5,8H2,1-3H3,(H,21,22,23). The number of hydrogen-bond acceptors (Lipinski definition) is 4. The van der Waals surface area contributed by atoms with E-state index in [0.717, 1.165) is 22.6 Å². The van der Waals surface area contributed by atoms with Crippen molar-refractivity contribution in [1.29, 1.82) is 0 Å². The summed E-state index contributed by atoms with van der Waals surface area (Å²) in [6, 6.07) is 4.56. The number of anilines is 1. The minimum Gasteiger partial charge on any atom is -0.444 e. The predicted octanol–water partition coefficient (Wildman–Crippen LogP) is 5.90. The van der Waals surface area contributed by atoms with Crippen molar-refractivity contribution in [1.82, 2.24) is 4.98 Å². The Morgan fingerprint density at radius 2 is 2.16 bits per heavy atom. The molecule has 0 saturated heterocycles. The van der Waals surface area contributed by atoms with Gasteiger partial charge in [-0.3, -0.25) is 5.32 Å². The van der Waals surface area contributed by atoms with Crippen LogP contribution in [0.2, 0.25) is 5.02 Å². The Kier molecular flexibility index (Phi) is 5.02. The highest BCUT2D eigenvalue weighted by Crippen LogP contribution is 2.40. The Hall–Kier alpha value is -1.66. The van der Waals surface area contributed by atoms with Crippen molar-refractivity contribution >= 4 is 34.2 Å². The smallest absolute Gasteiger partial charge is 0.413 e. The molecule has 1 heterocycles. The number of nitrogens with zero attached hydrogens (tertiary/aromatic N) is 1. The zero-order valence-corrected chi connectivity index (χ0v) is 15.9. The maximum absolute atomic E-state index is 13.4. The van der Waals surface area contributed by atoms with Crippen molar-refractivity contribution in [3.63, 3.8) is 0 Å². The molecule has 7 heteroatoms. The second-order valence-electron chi connectivity index (χ2n) is 7.19. The van der Waals surface area contributed by atoms with Crippen molar-refractivity contribution in [2.45, 2.75) is 45.6 Å². The van der Waals surface area contributed by atoms with Crippen molar-refractivity contribution in [3.8, 4) is 11.3 Å². The number of carbonyl (C=O) groups excluding carboxylic acids is 1. The molecule has 1 aliphatic rings. The van der Waals surface area contributed by atoms with Crippen LogP contribution in [0.3, 0.4) is 0 Å². The number of aromatic nitrogens is 1. The van der Waals surface area contributed by atoms with Crippen LogP contribution in [-0.4, -0.2) is 16.7 Å². The Morgan fingerprint density at radius 3 is 2.76 bits per heavy atom. The van der Waals surface area contributed by atoms with Gasteiger partial charge in [-0.05, 0) is 64.2 Å². The van der Waals surface area contributed by atoms with Gasteiger partial charge in [0.25, 0.3) is 0 Å². The van der Waals surface area contributed by atoms with E-state index in [1.54, 1.807) is 32.9 Å². The van der Waals surface area contributed by atoms with Crippen LogP contribution in [0.4, 0.5) is 14.3 Å². The van der Waals surface area contributed by atoms with E-state index in [4.69, 9.17) is 16.3 Å². The lowest BCUT2D eigenvalue weighted by Gasteiger charge is -2.18. The summed E-state index contributed by atoms with van der Waals surface area (Å²) in [6.45, 7) is 5.41. The molecule has 134 valence electrons. The summed E-state index contributed by atoms with van der Waals surface area (Å²) in [5.74, 6) is 0.195. The fraction of sp³-hybridized carbons (Fsp3) is 0.444. The van der Waals surface area contributed by atoms with E-state index in [2.05, 4.69) is 10.3 Å². The van der Waals surface area contributed by atoms with Gasteiger partial charge in [-0.15, -0.1) is 11.3 Å². The van der Waals surface area contributed by atoms with Crippen LogP contribution in [0, 0.1) is 11.7 Å². The number of benzene rings is 1. The minimum absolute atomic E-state index is 0.0597. The van der Waals surface area contributed by atoms with Crippen LogP contribution in [0.1, 0.15) is 38.5 Å². The van der Waals surface area contributed by atoms with Gasteiger partial charge in [-0.2, -0.15) is 0 Å². The molecule has 25 heavy (non-hydrogen) atoms. The van der Waals surface area contributed by atoms with Crippen LogP contribution in [0.15, 0.2) is 18.2 Å². The van der Waals surface area contributed by atoms with Gasteiger partial charge in [0, 0.05) is 10.4 Å². The first-order valence-electron chi connectivity index (χ1n) is 8.16. The topological polar surface area (TPSA) is 51.2 Å². The lowest BCUT2D eigenvalue weighted by Crippen LogP contribution is -2.27. The van der Waals surface area contributed by atoms with E-state index in [1.165, 1.54) is 30.2 Å². The highest BCUT2D eigenvalue weighted by molar-refractivity contribution is 7.16. The van der Waals surface area contributed by atoms with Gasteiger partial charge in [0.2, 0.25) is 0 Å². The lowest BCUT2D eigenvalue weighted by molar-refractivity contribution is 0.0636. The van der Waals surface area contributed by atoms with Crippen LogP contribution >= 0.6 is 22.9 Å². The van der Waals surface area contributed by atoms with Crippen molar-refractivity contribution < 1.29 is 13.9 Å². The van der Waals surface area contributed by atoms with Gasteiger partial charge in [0.15, 0.2) is 5.13 Å². The van der Waals surface area contributed by atoms with E-state index in [-0.39, 0.29) is 5.02 Å². The first-order valence-corrected chi connectivity index (χ1v) is 9.36. The molecule has 0 bridgehead atoms. The van der Waals surface area contributed by atoms with Gasteiger partial charge in [0.1, 0.15) is 11.4 Å². The largest absolute Gasteiger partial charge is 0.444 e. The van der Waals surface area contributed by atoms with Gasteiger partial charge in [-0.25, -0.2) is 14.2 Å². The quantitative estimate of drug-likeness (QED) is 0.715. The summed E-state index contributed by atoms with van der Waals surface area (Å²) < 4.78 is 18.7. The predicted molar refractivity (Wildman–Crippen MR) is 98.8 cm³/mol. The summed E-state index contributed by atoms with van der Waals surface area (Å²) >= 11 is 7.34. The maximum atomic E-state index is 13.4. The second-order valence-corrected chi connectivity index (χ2v) is 8.68. The molecule has 0 radical (unpaired) electrons. The van der Waals surface area contributed by atoms with Gasteiger partial charge < -0.3 is 4.74 Å². The molecule has 1 aliphatic carbocycles. The normalized spacial score (nSPS) is 14.4. The molecule has 1 N–H and O–H groups in total. The number of nitrogens with one attached hydrogen (secondary N) is 1. The Labute approximate surface area is 155 Å². The van der Waals surface area contributed by atoms with Crippen LogP contribution < -0.4 is 5.32 Å². The average Bonchev–Trinajstić information content (AvgIpc) is 3.20. The minimum atomic E-state index is -0.578. The highest BCUT2D eigenvalue weighted by atomic mass is 35.5. The monoisotopic (exact) mass is 382 g/mol. The van der Waals surface area contributed by atoms with Crippen LogP contribution in [-0.2, 0) is 11.2 Å². The lowest BCUT2D eigenvalue weighted by atomic mass is 10.1.